The van der Waals surface area contributed by atoms with Crippen LogP contribution in [0.1, 0.15) is 23.6 Å². The number of thioether (sulfide) groups is 1. The molecule has 1 aliphatic heterocycles. The lowest BCUT2D eigenvalue weighted by molar-refractivity contribution is 0.312. The highest BCUT2D eigenvalue weighted by atomic mass is 127. The number of pyridine rings is 1. The highest BCUT2D eigenvalue weighted by Gasteiger charge is 2.15. The molecule has 3 rings (SSSR count). The van der Waals surface area contributed by atoms with Crippen LogP contribution in [0.15, 0.2) is 41.5 Å². The van der Waals surface area contributed by atoms with Crippen molar-refractivity contribution >= 4 is 47.5 Å². The number of hydrogen-bond donors (Lipinski definition) is 2. The number of piperazine rings is 1. The molecule has 1 fully saturated rings. The Bertz CT molecular complexity index is 873. The van der Waals surface area contributed by atoms with E-state index >= 15 is 0 Å². The fraction of sp³-hybridized carbons (Fsp3) is 0.478. The van der Waals surface area contributed by atoms with Crippen LogP contribution in [0.25, 0.3) is 0 Å². The van der Waals surface area contributed by atoms with Gasteiger partial charge in [-0.05, 0) is 61.2 Å². The second-order valence-electron chi connectivity index (χ2n) is 7.71. The number of aromatic nitrogens is 1. The molecule has 0 amide bonds. The monoisotopic (exact) mass is 572 g/mol. The molecule has 0 aliphatic carbocycles. The molecule has 2 aromatic rings. The van der Waals surface area contributed by atoms with E-state index in [1.165, 1.54) is 6.07 Å². The predicted octanol–water partition coefficient (Wildman–Crippen LogP) is 3.71. The zero-order chi connectivity index (χ0) is 22.1. The first-order chi connectivity index (χ1) is 15.1. The third kappa shape index (κ3) is 8.08. The van der Waals surface area contributed by atoms with Crippen molar-refractivity contribution in [1.29, 1.82) is 0 Å². The third-order valence-corrected chi connectivity index (χ3v) is 5.92. The van der Waals surface area contributed by atoms with Crippen LogP contribution < -0.4 is 15.5 Å². The minimum absolute atomic E-state index is 0. The Labute approximate surface area is 212 Å². The quantitative estimate of drug-likeness (QED) is 0.286. The van der Waals surface area contributed by atoms with Crippen LogP contribution in [0, 0.1) is 5.82 Å². The van der Waals surface area contributed by atoms with Gasteiger partial charge in [0, 0.05) is 51.2 Å². The van der Waals surface area contributed by atoms with Crippen molar-refractivity contribution in [2.75, 3.05) is 50.9 Å². The Kier molecular flexibility index (Phi) is 11.5. The number of guanidine groups is 1. The lowest BCUT2D eigenvalue weighted by atomic mass is 10.1. The summed E-state index contributed by atoms with van der Waals surface area (Å²) in [5.74, 6) is 2.36. The van der Waals surface area contributed by atoms with E-state index in [9.17, 15) is 4.39 Å². The number of anilines is 1. The number of nitrogens with zero attached hydrogens (tertiary/aromatic N) is 4. The van der Waals surface area contributed by atoms with Crippen LogP contribution in [0.2, 0.25) is 0 Å². The topological polar surface area (TPSA) is 55.8 Å². The van der Waals surface area contributed by atoms with Crippen molar-refractivity contribution in [3.05, 3.63) is 59.0 Å². The smallest absolute Gasteiger partial charge is 0.191 e. The van der Waals surface area contributed by atoms with Gasteiger partial charge in [-0.1, -0.05) is 6.07 Å². The predicted molar refractivity (Wildman–Crippen MR) is 145 cm³/mol. The van der Waals surface area contributed by atoms with E-state index in [1.807, 2.05) is 31.5 Å². The highest BCUT2D eigenvalue weighted by Crippen LogP contribution is 2.17. The van der Waals surface area contributed by atoms with E-state index < -0.39 is 0 Å². The van der Waals surface area contributed by atoms with Crippen molar-refractivity contribution in [3.8, 4) is 0 Å². The van der Waals surface area contributed by atoms with Gasteiger partial charge in [0.05, 0.1) is 6.54 Å². The Morgan fingerprint density at radius 3 is 2.62 bits per heavy atom. The normalized spacial score (nSPS) is 14.8. The summed E-state index contributed by atoms with van der Waals surface area (Å²) >= 11 is 1.69. The minimum atomic E-state index is -0.192. The summed E-state index contributed by atoms with van der Waals surface area (Å²) in [6, 6.07) is 9.14. The van der Waals surface area contributed by atoms with Gasteiger partial charge < -0.3 is 20.4 Å². The lowest BCUT2D eigenvalue weighted by Crippen LogP contribution is -2.44. The summed E-state index contributed by atoms with van der Waals surface area (Å²) in [7, 11) is 2.15. The molecular formula is C23H34FIN6S. The molecule has 0 atom stereocenters. The van der Waals surface area contributed by atoms with Gasteiger partial charge in [0.15, 0.2) is 5.96 Å². The van der Waals surface area contributed by atoms with Crippen molar-refractivity contribution in [2.45, 2.75) is 25.8 Å². The molecule has 9 heteroatoms. The molecule has 6 nitrogen and oxygen atoms in total. The molecule has 0 bridgehead atoms. The number of benzene rings is 1. The van der Waals surface area contributed by atoms with Crippen LogP contribution in [-0.4, -0.2) is 61.9 Å². The number of rotatable bonds is 8. The summed E-state index contributed by atoms with van der Waals surface area (Å²) in [4.78, 5) is 14.0. The average molecular weight is 573 g/mol. The molecule has 176 valence electrons. The van der Waals surface area contributed by atoms with Crippen LogP contribution in [0.5, 0.6) is 0 Å². The van der Waals surface area contributed by atoms with Gasteiger partial charge in [0.2, 0.25) is 0 Å². The molecule has 1 saturated heterocycles. The zero-order valence-corrected chi connectivity index (χ0v) is 22.3. The van der Waals surface area contributed by atoms with Crippen molar-refractivity contribution < 1.29 is 4.39 Å². The first kappa shape index (κ1) is 26.7. The van der Waals surface area contributed by atoms with Crippen LogP contribution in [0.4, 0.5) is 10.2 Å². The molecule has 0 unspecified atom stereocenters. The van der Waals surface area contributed by atoms with Gasteiger partial charge in [0.25, 0.3) is 0 Å². The maximum Gasteiger partial charge on any atom is 0.191 e. The summed E-state index contributed by atoms with van der Waals surface area (Å²) in [6.07, 6.45) is 3.89. The van der Waals surface area contributed by atoms with Crippen LogP contribution >= 0.6 is 35.7 Å². The largest absolute Gasteiger partial charge is 0.357 e. The third-order valence-electron chi connectivity index (χ3n) is 5.32. The molecule has 0 saturated carbocycles. The first-order valence-electron chi connectivity index (χ1n) is 10.8. The van der Waals surface area contributed by atoms with E-state index in [0.29, 0.717) is 13.1 Å². The van der Waals surface area contributed by atoms with E-state index in [-0.39, 0.29) is 29.8 Å². The second-order valence-corrected chi connectivity index (χ2v) is 8.57. The molecule has 2 N–H and O–H groups in total. The Balaban J connectivity index is 0.00000363. The fourth-order valence-electron chi connectivity index (χ4n) is 3.52. The zero-order valence-electron chi connectivity index (χ0n) is 19.1. The average Bonchev–Trinajstić information content (AvgIpc) is 2.77. The SMILES string of the molecule is CCNC(=NCc1ccnc(N2CCN(C)CC2)c1)NCc1ccc(F)cc1CSC.I. The second kappa shape index (κ2) is 13.8. The maximum atomic E-state index is 13.6. The van der Waals surface area contributed by atoms with Crippen molar-refractivity contribution in [3.63, 3.8) is 0 Å². The molecule has 0 spiro atoms. The van der Waals surface area contributed by atoms with Crippen molar-refractivity contribution in [2.24, 2.45) is 4.99 Å². The molecule has 1 aromatic heterocycles. The standard InChI is InChI=1S/C23H33FN6S.HI/c1-4-25-23(28-16-19-5-6-21(24)14-20(19)17-31-3)27-15-18-7-8-26-22(13-18)30-11-9-29(2)10-12-30;/h5-8,13-14H,4,9-12,15-17H2,1-3H3,(H2,25,27,28);1H. The van der Waals surface area contributed by atoms with Gasteiger partial charge in [-0.2, -0.15) is 11.8 Å². The van der Waals surface area contributed by atoms with Gasteiger partial charge >= 0.3 is 0 Å². The van der Waals surface area contributed by atoms with Gasteiger partial charge in [-0.3, -0.25) is 0 Å². The van der Waals surface area contributed by atoms with E-state index in [0.717, 1.165) is 66.9 Å². The van der Waals surface area contributed by atoms with E-state index in [2.05, 4.69) is 38.5 Å². The number of hydrogen-bond acceptors (Lipinski definition) is 5. The Morgan fingerprint density at radius 1 is 1.12 bits per heavy atom. The molecule has 1 aliphatic rings. The van der Waals surface area contributed by atoms with Gasteiger partial charge in [0.1, 0.15) is 11.6 Å². The fourth-order valence-corrected chi connectivity index (χ4v) is 4.10. The summed E-state index contributed by atoms with van der Waals surface area (Å²) < 4.78 is 13.6. The van der Waals surface area contributed by atoms with E-state index in [4.69, 9.17) is 4.99 Å². The number of aliphatic imine (C=N–C) groups is 1. The lowest BCUT2D eigenvalue weighted by Gasteiger charge is -2.33. The Hall–Kier alpha value is -1.59. The van der Waals surface area contributed by atoms with Crippen molar-refractivity contribution in [1.82, 2.24) is 20.5 Å². The maximum absolute atomic E-state index is 13.6. The highest BCUT2D eigenvalue weighted by molar-refractivity contribution is 14.0. The summed E-state index contributed by atoms with van der Waals surface area (Å²) in [6.45, 7) is 8.10. The molecule has 1 aromatic carbocycles. The van der Waals surface area contributed by atoms with Crippen LogP contribution in [0.3, 0.4) is 0 Å². The number of nitrogens with one attached hydrogen (secondary N) is 2. The molecule has 32 heavy (non-hydrogen) atoms. The summed E-state index contributed by atoms with van der Waals surface area (Å²) in [5, 5.41) is 6.68. The first-order valence-corrected chi connectivity index (χ1v) is 12.1. The van der Waals surface area contributed by atoms with Gasteiger partial charge in [-0.25, -0.2) is 14.4 Å². The molecule has 2 heterocycles. The van der Waals surface area contributed by atoms with Crippen LogP contribution in [-0.2, 0) is 18.8 Å². The Morgan fingerprint density at radius 2 is 1.91 bits per heavy atom. The summed E-state index contributed by atoms with van der Waals surface area (Å²) in [5.41, 5.74) is 3.23. The number of halogens is 2. The van der Waals surface area contributed by atoms with E-state index in [1.54, 1.807) is 17.8 Å². The number of likely N-dealkylation sites (N-methyl/N-ethyl adjacent to an activating group) is 1. The molecular weight excluding hydrogens is 538 g/mol. The van der Waals surface area contributed by atoms with Gasteiger partial charge in [-0.15, -0.1) is 24.0 Å². The molecule has 0 radical (unpaired) electrons. The minimum Gasteiger partial charge on any atom is -0.357 e.